The summed E-state index contributed by atoms with van der Waals surface area (Å²) in [4.78, 5) is 18.2. The number of hydrogen-bond donors (Lipinski definition) is 1. The van der Waals surface area contributed by atoms with E-state index in [2.05, 4.69) is 39.5 Å². The number of aromatic nitrogens is 1. The van der Waals surface area contributed by atoms with E-state index in [0.717, 1.165) is 30.9 Å². The van der Waals surface area contributed by atoms with E-state index in [0.29, 0.717) is 18.4 Å². The standard InChI is InChI=1S/C18H19N3O/c22-18-9-15-11-21(12-17(15)20-18)10-13-4-6-14(7-5-13)16-3-1-2-8-19-16/h1-8,15,17H,9-12H2,(H,20,22)/t15-,17+/m0/s1. The highest BCUT2D eigenvalue weighted by molar-refractivity contribution is 5.79. The van der Waals surface area contributed by atoms with Crippen molar-refractivity contribution >= 4 is 5.91 Å². The fourth-order valence-corrected chi connectivity index (χ4v) is 3.54. The van der Waals surface area contributed by atoms with Gasteiger partial charge in [-0.1, -0.05) is 30.3 Å². The number of carbonyl (C=O) groups is 1. The van der Waals surface area contributed by atoms with Crippen molar-refractivity contribution in [3.05, 3.63) is 54.2 Å². The predicted octanol–water partition coefficient (Wildman–Crippen LogP) is 2.07. The summed E-state index contributed by atoms with van der Waals surface area (Å²) in [6, 6.07) is 15.0. The van der Waals surface area contributed by atoms with E-state index in [-0.39, 0.29) is 5.91 Å². The minimum atomic E-state index is 0.217. The topological polar surface area (TPSA) is 45.2 Å². The van der Waals surface area contributed by atoms with Crippen LogP contribution in [0.25, 0.3) is 11.3 Å². The summed E-state index contributed by atoms with van der Waals surface area (Å²) in [6.45, 7) is 2.94. The van der Waals surface area contributed by atoms with Crippen LogP contribution >= 0.6 is 0 Å². The minimum Gasteiger partial charge on any atom is -0.352 e. The van der Waals surface area contributed by atoms with Crippen molar-refractivity contribution in [2.75, 3.05) is 13.1 Å². The molecule has 2 aromatic rings. The SMILES string of the molecule is O=C1C[C@H]2CN(Cc3ccc(-c4ccccn4)cc3)C[C@H]2N1. The van der Waals surface area contributed by atoms with Crippen molar-refractivity contribution < 1.29 is 4.79 Å². The lowest BCUT2D eigenvalue weighted by Gasteiger charge is -2.17. The van der Waals surface area contributed by atoms with Crippen molar-refractivity contribution in [3.63, 3.8) is 0 Å². The van der Waals surface area contributed by atoms with E-state index in [1.165, 1.54) is 5.56 Å². The second-order valence-corrected chi connectivity index (χ2v) is 6.24. The van der Waals surface area contributed by atoms with Crippen molar-refractivity contribution in [1.82, 2.24) is 15.2 Å². The molecule has 1 aromatic heterocycles. The van der Waals surface area contributed by atoms with Gasteiger partial charge in [-0.2, -0.15) is 0 Å². The Morgan fingerprint density at radius 1 is 1.14 bits per heavy atom. The van der Waals surface area contributed by atoms with Crippen LogP contribution in [0.2, 0.25) is 0 Å². The number of fused-ring (bicyclic) bond motifs is 1. The minimum absolute atomic E-state index is 0.217. The van der Waals surface area contributed by atoms with Crippen LogP contribution in [0.5, 0.6) is 0 Å². The predicted molar refractivity (Wildman–Crippen MR) is 85.0 cm³/mol. The average Bonchev–Trinajstić information content (AvgIpc) is 3.05. The molecule has 0 bridgehead atoms. The van der Waals surface area contributed by atoms with Crippen LogP contribution in [0.4, 0.5) is 0 Å². The zero-order chi connectivity index (χ0) is 14.9. The summed E-state index contributed by atoms with van der Waals surface area (Å²) in [7, 11) is 0. The van der Waals surface area contributed by atoms with Crippen LogP contribution < -0.4 is 5.32 Å². The van der Waals surface area contributed by atoms with Crippen LogP contribution in [-0.4, -0.2) is 34.9 Å². The number of amides is 1. The van der Waals surface area contributed by atoms with E-state index in [1.807, 2.05) is 24.4 Å². The van der Waals surface area contributed by atoms with Crippen molar-refractivity contribution in [2.24, 2.45) is 5.92 Å². The van der Waals surface area contributed by atoms with Crippen LogP contribution in [0.15, 0.2) is 48.7 Å². The van der Waals surface area contributed by atoms with Crippen molar-refractivity contribution in [1.29, 1.82) is 0 Å². The third-order valence-electron chi connectivity index (χ3n) is 4.63. The van der Waals surface area contributed by atoms with Gasteiger partial charge in [0.25, 0.3) is 0 Å². The largest absolute Gasteiger partial charge is 0.352 e. The molecule has 0 spiro atoms. The number of rotatable bonds is 3. The Kier molecular flexibility index (Phi) is 3.39. The van der Waals surface area contributed by atoms with Gasteiger partial charge in [0.1, 0.15) is 0 Å². The summed E-state index contributed by atoms with van der Waals surface area (Å²) >= 11 is 0. The normalized spacial score (nSPS) is 24.3. The first-order valence-corrected chi connectivity index (χ1v) is 7.80. The Labute approximate surface area is 130 Å². The Bertz CT molecular complexity index is 652. The van der Waals surface area contributed by atoms with E-state index in [1.54, 1.807) is 0 Å². The highest BCUT2D eigenvalue weighted by Gasteiger charge is 2.39. The lowest BCUT2D eigenvalue weighted by atomic mass is 10.1. The molecule has 2 atom stereocenters. The maximum atomic E-state index is 11.4. The first-order chi connectivity index (χ1) is 10.8. The van der Waals surface area contributed by atoms with Gasteiger partial charge in [0.15, 0.2) is 0 Å². The second-order valence-electron chi connectivity index (χ2n) is 6.24. The lowest BCUT2D eigenvalue weighted by Crippen LogP contribution is -2.32. The molecule has 1 aromatic carbocycles. The average molecular weight is 293 g/mol. The molecule has 2 aliphatic rings. The highest BCUT2D eigenvalue weighted by atomic mass is 16.2. The van der Waals surface area contributed by atoms with Crippen LogP contribution in [-0.2, 0) is 11.3 Å². The molecule has 1 amide bonds. The molecule has 0 unspecified atom stereocenters. The molecule has 112 valence electrons. The molecular weight excluding hydrogens is 274 g/mol. The van der Waals surface area contributed by atoms with Gasteiger partial charge < -0.3 is 5.32 Å². The maximum absolute atomic E-state index is 11.4. The lowest BCUT2D eigenvalue weighted by molar-refractivity contribution is -0.119. The number of carbonyl (C=O) groups excluding carboxylic acids is 1. The third kappa shape index (κ3) is 2.62. The summed E-state index contributed by atoms with van der Waals surface area (Å²) in [6.07, 6.45) is 2.51. The Morgan fingerprint density at radius 2 is 2.00 bits per heavy atom. The fourth-order valence-electron chi connectivity index (χ4n) is 3.54. The molecular formula is C18H19N3O. The van der Waals surface area contributed by atoms with Gasteiger partial charge in [-0.15, -0.1) is 0 Å². The Morgan fingerprint density at radius 3 is 2.73 bits per heavy atom. The molecule has 2 saturated heterocycles. The Hall–Kier alpha value is -2.20. The number of nitrogens with zero attached hydrogens (tertiary/aromatic N) is 2. The first-order valence-electron chi connectivity index (χ1n) is 7.80. The van der Waals surface area contributed by atoms with Gasteiger partial charge in [-0.05, 0) is 17.7 Å². The quantitative estimate of drug-likeness (QED) is 0.942. The van der Waals surface area contributed by atoms with Gasteiger partial charge in [0, 0.05) is 49.8 Å². The summed E-state index contributed by atoms with van der Waals surface area (Å²) in [5.41, 5.74) is 3.47. The van der Waals surface area contributed by atoms with E-state index < -0.39 is 0 Å². The first kappa shape index (κ1) is 13.5. The molecule has 0 saturated carbocycles. The third-order valence-corrected chi connectivity index (χ3v) is 4.63. The molecule has 22 heavy (non-hydrogen) atoms. The van der Waals surface area contributed by atoms with Crippen molar-refractivity contribution in [2.45, 2.75) is 19.0 Å². The van der Waals surface area contributed by atoms with Crippen LogP contribution in [0.3, 0.4) is 0 Å². The smallest absolute Gasteiger partial charge is 0.220 e. The highest BCUT2D eigenvalue weighted by Crippen LogP contribution is 2.27. The monoisotopic (exact) mass is 293 g/mol. The van der Waals surface area contributed by atoms with Crippen molar-refractivity contribution in [3.8, 4) is 11.3 Å². The zero-order valence-corrected chi connectivity index (χ0v) is 12.4. The fraction of sp³-hybridized carbons (Fsp3) is 0.333. The van der Waals surface area contributed by atoms with Crippen LogP contribution in [0.1, 0.15) is 12.0 Å². The molecule has 4 rings (SSSR count). The summed E-state index contributed by atoms with van der Waals surface area (Å²) in [5.74, 6) is 0.717. The van der Waals surface area contributed by atoms with Gasteiger partial charge in [0.2, 0.25) is 5.91 Å². The number of pyridine rings is 1. The summed E-state index contributed by atoms with van der Waals surface area (Å²) in [5, 5.41) is 3.07. The number of likely N-dealkylation sites (tertiary alicyclic amines) is 1. The number of hydrogen-bond acceptors (Lipinski definition) is 3. The molecule has 0 radical (unpaired) electrons. The van der Waals surface area contributed by atoms with Crippen LogP contribution in [0, 0.1) is 5.92 Å². The van der Waals surface area contributed by atoms with Gasteiger partial charge in [-0.25, -0.2) is 0 Å². The molecule has 1 N–H and O–H groups in total. The molecule has 2 aliphatic heterocycles. The number of nitrogens with one attached hydrogen (secondary N) is 1. The molecule has 3 heterocycles. The van der Waals surface area contributed by atoms with Gasteiger partial charge >= 0.3 is 0 Å². The molecule has 4 heteroatoms. The maximum Gasteiger partial charge on any atom is 0.220 e. The molecule has 0 aliphatic carbocycles. The summed E-state index contributed by atoms with van der Waals surface area (Å²) < 4.78 is 0. The van der Waals surface area contributed by atoms with Gasteiger partial charge in [-0.3, -0.25) is 14.7 Å². The van der Waals surface area contributed by atoms with E-state index in [9.17, 15) is 4.79 Å². The van der Waals surface area contributed by atoms with E-state index in [4.69, 9.17) is 0 Å². The van der Waals surface area contributed by atoms with Gasteiger partial charge in [0.05, 0.1) is 5.69 Å². The Balaban J connectivity index is 1.41. The molecule has 4 nitrogen and oxygen atoms in total. The van der Waals surface area contributed by atoms with E-state index >= 15 is 0 Å². The number of benzene rings is 1. The molecule has 2 fully saturated rings. The second kappa shape index (κ2) is 5.54. The zero-order valence-electron chi connectivity index (χ0n) is 12.4.